The van der Waals surface area contributed by atoms with E-state index in [9.17, 15) is 9.59 Å². The van der Waals surface area contributed by atoms with E-state index < -0.39 is 5.91 Å². The zero-order chi connectivity index (χ0) is 18.8. The Morgan fingerprint density at radius 3 is 2.62 bits per heavy atom. The summed E-state index contributed by atoms with van der Waals surface area (Å²) in [6.45, 7) is 2.19. The molecule has 0 unspecified atom stereocenters. The molecule has 1 aromatic carbocycles. The van der Waals surface area contributed by atoms with E-state index in [1.165, 1.54) is 6.07 Å². The maximum Gasteiger partial charge on any atom is 0.287 e. The molecule has 2 heterocycles. The molecule has 2 aromatic heterocycles. The Morgan fingerprint density at radius 1 is 1.19 bits per heavy atom. The van der Waals surface area contributed by atoms with Gasteiger partial charge in [-0.3, -0.25) is 14.5 Å². The number of hydrogen-bond donors (Lipinski definition) is 1. The number of amides is 1. The number of nitrogens with one attached hydrogen (secondary N) is 1. The largest absolute Gasteiger partial charge is 0.465 e. The third kappa shape index (κ3) is 3.89. The van der Waals surface area contributed by atoms with Crippen molar-refractivity contribution >= 4 is 32.8 Å². The first-order chi connectivity index (χ1) is 12.3. The maximum absolute atomic E-state index is 12.5. The topological polar surface area (TPSA) is 75.7 Å². The smallest absolute Gasteiger partial charge is 0.287 e. The molecule has 136 valence electrons. The monoisotopic (exact) mass is 418 g/mol. The predicted molar refractivity (Wildman–Crippen MR) is 102 cm³/mol. The fourth-order valence-electron chi connectivity index (χ4n) is 2.69. The molecule has 0 aliphatic heterocycles. The second kappa shape index (κ2) is 7.47. The molecule has 0 saturated heterocycles. The molecule has 3 aromatic rings. The van der Waals surface area contributed by atoms with Crippen LogP contribution >= 0.6 is 15.9 Å². The summed E-state index contributed by atoms with van der Waals surface area (Å²) in [6, 6.07) is 9.94. The Labute approximate surface area is 158 Å². The third-order valence-corrected chi connectivity index (χ3v) is 4.58. The molecule has 1 N–H and O–H groups in total. The third-order valence-electron chi connectivity index (χ3n) is 4.08. The van der Waals surface area contributed by atoms with Crippen LogP contribution in [-0.2, 0) is 0 Å². The fourth-order valence-corrected chi connectivity index (χ4v) is 3.05. The number of hydrogen-bond acceptors (Lipinski definition) is 5. The summed E-state index contributed by atoms with van der Waals surface area (Å²) in [7, 11) is 3.81. The van der Waals surface area contributed by atoms with Crippen LogP contribution in [0.3, 0.4) is 0 Å². The minimum atomic E-state index is -0.443. The zero-order valence-electron chi connectivity index (χ0n) is 14.7. The summed E-state index contributed by atoms with van der Waals surface area (Å²) in [6.07, 6.45) is 0. The minimum Gasteiger partial charge on any atom is -0.465 e. The van der Waals surface area contributed by atoms with E-state index in [1.807, 2.05) is 38.1 Å². The van der Waals surface area contributed by atoms with Crippen molar-refractivity contribution in [2.45, 2.75) is 13.0 Å². The van der Waals surface area contributed by atoms with Gasteiger partial charge in [-0.25, -0.2) is 0 Å². The van der Waals surface area contributed by atoms with Crippen LogP contribution in [-0.4, -0.2) is 31.4 Å². The van der Waals surface area contributed by atoms with Crippen molar-refractivity contribution in [3.05, 3.63) is 68.4 Å². The molecule has 1 amide bonds. The predicted octanol–water partition coefficient (Wildman–Crippen LogP) is 3.49. The van der Waals surface area contributed by atoms with Crippen LogP contribution in [0.4, 0.5) is 0 Å². The number of likely N-dealkylation sites (N-methyl/N-ethyl adjacent to an activating group) is 1. The van der Waals surface area contributed by atoms with Crippen molar-refractivity contribution in [2.24, 2.45) is 0 Å². The Bertz CT molecular complexity index is 1010. The number of nitrogens with zero attached hydrogens (tertiary/aromatic N) is 1. The number of carbonyl (C=O) groups is 1. The van der Waals surface area contributed by atoms with Gasteiger partial charge in [0.25, 0.3) is 5.91 Å². The highest BCUT2D eigenvalue weighted by Crippen LogP contribution is 2.21. The van der Waals surface area contributed by atoms with Gasteiger partial charge in [0, 0.05) is 17.1 Å². The van der Waals surface area contributed by atoms with Crippen LogP contribution in [0.25, 0.3) is 11.0 Å². The molecule has 0 fully saturated rings. The molecule has 1 atom stereocenters. The number of aryl methyl sites for hydroxylation is 1. The molecular weight excluding hydrogens is 400 g/mol. The lowest BCUT2D eigenvalue weighted by Crippen LogP contribution is -2.34. The molecule has 7 heteroatoms. The number of halogens is 1. The van der Waals surface area contributed by atoms with Crippen LogP contribution in [0.5, 0.6) is 0 Å². The normalized spacial score (nSPS) is 12.5. The average Bonchev–Trinajstić information content (AvgIpc) is 3.01. The second-order valence-corrected chi connectivity index (χ2v) is 7.17. The van der Waals surface area contributed by atoms with Crippen LogP contribution in [0.1, 0.15) is 28.1 Å². The lowest BCUT2D eigenvalue weighted by Gasteiger charge is -2.22. The maximum atomic E-state index is 12.5. The van der Waals surface area contributed by atoms with E-state index in [0.717, 1.165) is 16.0 Å². The van der Waals surface area contributed by atoms with Gasteiger partial charge in [0.1, 0.15) is 17.1 Å². The van der Waals surface area contributed by atoms with Crippen LogP contribution in [0.2, 0.25) is 0 Å². The molecule has 0 radical (unpaired) electrons. The lowest BCUT2D eigenvalue weighted by atomic mass is 10.2. The molecular formula is C19H19BrN2O4. The quantitative estimate of drug-likeness (QED) is 0.686. The van der Waals surface area contributed by atoms with Crippen molar-refractivity contribution in [3.63, 3.8) is 0 Å². The van der Waals surface area contributed by atoms with Crippen molar-refractivity contribution in [1.82, 2.24) is 10.2 Å². The Balaban J connectivity index is 1.80. The molecule has 0 bridgehead atoms. The van der Waals surface area contributed by atoms with Gasteiger partial charge in [0.2, 0.25) is 0 Å². The van der Waals surface area contributed by atoms with Crippen LogP contribution < -0.4 is 10.7 Å². The van der Waals surface area contributed by atoms with E-state index >= 15 is 0 Å². The minimum absolute atomic E-state index is 0.0158. The standard InChI is InChI=1S/C19H19BrN2O4/c1-11-4-6-17(25-11)14(22(2)3)10-21-19(24)18-9-15(23)13-8-12(20)5-7-16(13)26-18/h4-9,14H,10H2,1-3H3,(H,21,24)/t14-/m0/s1. The number of rotatable bonds is 5. The van der Waals surface area contributed by atoms with Gasteiger partial charge in [-0.15, -0.1) is 0 Å². The first-order valence-corrected chi connectivity index (χ1v) is 8.89. The fraction of sp³-hybridized carbons (Fsp3) is 0.263. The zero-order valence-corrected chi connectivity index (χ0v) is 16.3. The highest BCUT2D eigenvalue weighted by molar-refractivity contribution is 9.10. The van der Waals surface area contributed by atoms with E-state index in [-0.39, 0.29) is 17.2 Å². The average molecular weight is 419 g/mol. The molecule has 3 rings (SSSR count). The van der Waals surface area contributed by atoms with E-state index in [0.29, 0.717) is 17.5 Å². The first kappa shape index (κ1) is 18.4. The van der Waals surface area contributed by atoms with Gasteiger partial charge >= 0.3 is 0 Å². The molecule has 6 nitrogen and oxygen atoms in total. The van der Waals surface area contributed by atoms with E-state index in [4.69, 9.17) is 8.83 Å². The van der Waals surface area contributed by atoms with Crippen LogP contribution in [0.15, 0.2) is 54.5 Å². The van der Waals surface area contributed by atoms with E-state index in [1.54, 1.807) is 18.2 Å². The molecule has 0 aliphatic carbocycles. The van der Waals surface area contributed by atoms with Gasteiger partial charge in [-0.2, -0.15) is 0 Å². The van der Waals surface area contributed by atoms with Gasteiger partial charge in [-0.1, -0.05) is 15.9 Å². The number of carbonyl (C=O) groups excluding carboxylic acids is 1. The van der Waals surface area contributed by atoms with Gasteiger partial charge in [-0.05, 0) is 51.4 Å². The van der Waals surface area contributed by atoms with Gasteiger partial charge in [0.15, 0.2) is 11.2 Å². The summed E-state index contributed by atoms with van der Waals surface area (Å²) < 4.78 is 12.0. The molecule has 0 saturated carbocycles. The highest BCUT2D eigenvalue weighted by atomic mass is 79.9. The van der Waals surface area contributed by atoms with E-state index in [2.05, 4.69) is 21.2 Å². The Hall–Kier alpha value is -2.38. The van der Waals surface area contributed by atoms with Crippen molar-refractivity contribution < 1.29 is 13.6 Å². The number of fused-ring (bicyclic) bond motifs is 1. The lowest BCUT2D eigenvalue weighted by molar-refractivity contribution is 0.0911. The summed E-state index contributed by atoms with van der Waals surface area (Å²) in [5, 5.41) is 3.23. The van der Waals surface area contributed by atoms with Crippen molar-refractivity contribution in [3.8, 4) is 0 Å². The van der Waals surface area contributed by atoms with Crippen molar-refractivity contribution in [2.75, 3.05) is 20.6 Å². The number of benzene rings is 1. The van der Waals surface area contributed by atoms with Crippen molar-refractivity contribution in [1.29, 1.82) is 0 Å². The highest BCUT2D eigenvalue weighted by Gasteiger charge is 2.20. The summed E-state index contributed by atoms with van der Waals surface area (Å²) in [5.41, 5.74) is 0.111. The summed E-state index contributed by atoms with van der Waals surface area (Å²) in [5.74, 6) is 1.11. The second-order valence-electron chi connectivity index (χ2n) is 6.25. The molecule has 0 aliphatic rings. The van der Waals surface area contributed by atoms with Gasteiger partial charge in [0.05, 0.1) is 11.4 Å². The first-order valence-electron chi connectivity index (χ1n) is 8.09. The SMILES string of the molecule is Cc1ccc([C@H](CNC(=O)c2cc(=O)c3cc(Br)ccc3o2)N(C)C)o1. The van der Waals surface area contributed by atoms with Crippen LogP contribution in [0, 0.1) is 6.92 Å². The number of furan rings is 1. The Morgan fingerprint density at radius 2 is 1.96 bits per heavy atom. The Kier molecular flexibility index (Phi) is 5.29. The summed E-state index contributed by atoms with van der Waals surface area (Å²) in [4.78, 5) is 26.7. The summed E-state index contributed by atoms with van der Waals surface area (Å²) >= 11 is 3.32. The molecule has 0 spiro atoms. The van der Waals surface area contributed by atoms with Gasteiger partial charge < -0.3 is 14.2 Å². The molecule has 26 heavy (non-hydrogen) atoms.